The molecule has 1 amide bonds. The average Bonchev–Trinajstić information content (AvgIpc) is 2.30. The molecule has 0 fully saturated rings. The average molecular weight is 252 g/mol. The molecular formula is C13H20N2OS. The molecule has 0 heterocycles. The van der Waals surface area contributed by atoms with Gasteiger partial charge in [-0.15, -0.1) is 11.8 Å². The van der Waals surface area contributed by atoms with E-state index in [1.165, 1.54) is 0 Å². The van der Waals surface area contributed by atoms with Gasteiger partial charge in [-0.3, -0.25) is 4.79 Å². The Morgan fingerprint density at radius 2 is 2.24 bits per heavy atom. The number of amides is 1. The van der Waals surface area contributed by atoms with Crippen LogP contribution in [0.1, 0.15) is 25.8 Å². The van der Waals surface area contributed by atoms with E-state index in [2.05, 4.69) is 5.32 Å². The predicted molar refractivity (Wildman–Crippen MR) is 74.2 cm³/mol. The van der Waals surface area contributed by atoms with Gasteiger partial charge < -0.3 is 11.1 Å². The van der Waals surface area contributed by atoms with Gasteiger partial charge in [0.05, 0.1) is 5.25 Å². The van der Waals surface area contributed by atoms with Crippen molar-refractivity contribution in [3.05, 3.63) is 23.8 Å². The number of anilines is 1. The van der Waals surface area contributed by atoms with E-state index in [1.807, 2.05) is 39.0 Å². The Kier molecular flexibility index (Phi) is 5.35. The Bertz CT molecular complexity index is 393. The van der Waals surface area contributed by atoms with Gasteiger partial charge in [0.15, 0.2) is 0 Å². The fourth-order valence-corrected chi connectivity index (χ4v) is 2.36. The summed E-state index contributed by atoms with van der Waals surface area (Å²) in [5.74, 6) is 0.0892. The molecule has 3 N–H and O–H groups in total. The van der Waals surface area contributed by atoms with Crippen LogP contribution in [0.2, 0.25) is 0 Å². The van der Waals surface area contributed by atoms with Crippen molar-refractivity contribution in [2.24, 2.45) is 0 Å². The Balaban J connectivity index is 2.58. The summed E-state index contributed by atoms with van der Waals surface area (Å²) in [6.07, 6.45) is 0.962. The zero-order valence-corrected chi connectivity index (χ0v) is 11.4. The maximum Gasteiger partial charge on any atom is 0.233 e. The van der Waals surface area contributed by atoms with Gasteiger partial charge in [-0.2, -0.15) is 0 Å². The highest BCUT2D eigenvalue weighted by molar-refractivity contribution is 8.00. The summed E-state index contributed by atoms with van der Waals surface area (Å²) in [5, 5.41) is 2.81. The molecule has 0 aliphatic heterocycles. The van der Waals surface area contributed by atoms with Crippen LogP contribution in [0.15, 0.2) is 23.1 Å². The second-order valence-corrected chi connectivity index (χ2v) is 5.48. The Hall–Kier alpha value is -1.16. The molecular weight excluding hydrogens is 232 g/mol. The molecule has 0 radical (unpaired) electrons. The van der Waals surface area contributed by atoms with Crippen LogP contribution in [0.3, 0.4) is 0 Å². The maximum atomic E-state index is 11.7. The van der Waals surface area contributed by atoms with Crippen molar-refractivity contribution in [1.29, 1.82) is 0 Å². The minimum absolute atomic E-state index is 0.0791. The lowest BCUT2D eigenvalue weighted by molar-refractivity contribution is -0.120. The summed E-state index contributed by atoms with van der Waals surface area (Å²) in [6, 6.07) is 5.86. The number of benzene rings is 1. The number of hydrogen-bond acceptors (Lipinski definition) is 3. The molecule has 0 aromatic heterocycles. The molecule has 0 aliphatic carbocycles. The largest absolute Gasteiger partial charge is 0.399 e. The molecule has 3 nitrogen and oxygen atoms in total. The normalized spacial score (nSPS) is 12.2. The molecule has 1 unspecified atom stereocenters. The summed E-state index contributed by atoms with van der Waals surface area (Å²) in [4.78, 5) is 12.8. The summed E-state index contributed by atoms with van der Waals surface area (Å²) < 4.78 is 0. The molecule has 0 bridgehead atoms. The first-order chi connectivity index (χ1) is 8.04. The molecule has 1 rings (SSSR count). The first kappa shape index (κ1) is 13.9. The van der Waals surface area contributed by atoms with E-state index in [1.54, 1.807) is 11.8 Å². The summed E-state index contributed by atoms with van der Waals surface area (Å²) >= 11 is 1.56. The molecule has 4 heteroatoms. The van der Waals surface area contributed by atoms with Crippen molar-refractivity contribution in [2.75, 3.05) is 12.3 Å². The van der Waals surface area contributed by atoms with Crippen LogP contribution >= 0.6 is 11.8 Å². The third kappa shape index (κ3) is 4.30. The summed E-state index contributed by atoms with van der Waals surface area (Å²) in [5.41, 5.74) is 7.60. The van der Waals surface area contributed by atoms with Crippen molar-refractivity contribution in [3.63, 3.8) is 0 Å². The number of nitrogens with two attached hydrogens (primary N) is 1. The van der Waals surface area contributed by atoms with Crippen molar-refractivity contribution in [3.8, 4) is 0 Å². The quantitative estimate of drug-likeness (QED) is 0.625. The standard InChI is InChI=1S/C13H20N2OS/c1-4-7-15-13(16)10(3)17-11-5-6-12(14)9(2)8-11/h5-6,8,10H,4,7,14H2,1-3H3,(H,15,16). The minimum Gasteiger partial charge on any atom is -0.399 e. The number of rotatable bonds is 5. The number of hydrogen-bond donors (Lipinski definition) is 2. The molecule has 1 aromatic carbocycles. The zero-order valence-electron chi connectivity index (χ0n) is 10.6. The topological polar surface area (TPSA) is 55.1 Å². The SMILES string of the molecule is CCCNC(=O)C(C)Sc1ccc(N)c(C)c1. The molecule has 0 saturated carbocycles. The molecule has 0 spiro atoms. The van der Waals surface area contributed by atoms with E-state index in [9.17, 15) is 4.79 Å². The molecule has 0 aliphatic rings. The summed E-state index contributed by atoms with van der Waals surface area (Å²) in [6.45, 7) is 6.68. The number of carbonyl (C=O) groups excluding carboxylic acids is 1. The first-order valence-corrected chi connectivity index (χ1v) is 6.73. The van der Waals surface area contributed by atoms with Gasteiger partial charge >= 0.3 is 0 Å². The van der Waals surface area contributed by atoms with Crippen molar-refractivity contribution < 1.29 is 4.79 Å². The van der Waals surface area contributed by atoms with E-state index in [0.717, 1.165) is 29.1 Å². The molecule has 94 valence electrons. The number of nitrogen functional groups attached to an aromatic ring is 1. The van der Waals surface area contributed by atoms with Gasteiger partial charge in [0, 0.05) is 17.1 Å². The number of carbonyl (C=O) groups is 1. The monoisotopic (exact) mass is 252 g/mol. The van der Waals surface area contributed by atoms with Crippen molar-refractivity contribution in [2.45, 2.75) is 37.3 Å². The van der Waals surface area contributed by atoms with Gasteiger partial charge in [0.1, 0.15) is 0 Å². The van der Waals surface area contributed by atoms with Crippen LogP contribution in [-0.2, 0) is 4.79 Å². The minimum atomic E-state index is -0.0791. The fraction of sp³-hybridized carbons (Fsp3) is 0.462. The van der Waals surface area contributed by atoms with Gasteiger partial charge in [-0.1, -0.05) is 6.92 Å². The van der Waals surface area contributed by atoms with E-state index < -0.39 is 0 Å². The second kappa shape index (κ2) is 6.55. The Morgan fingerprint density at radius 1 is 1.53 bits per heavy atom. The highest BCUT2D eigenvalue weighted by Gasteiger charge is 2.13. The highest BCUT2D eigenvalue weighted by atomic mass is 32.2. The fourth-order valence-electron chi connectivity index (χ4n) is 1.37. The predicted octanol–water partition coefficient (Wildman–Crippen LogP) is 2.58. The van der Waals surface area contributed by atoms with Crippen LogP contribution in [0.25, 0.3) is 0 Å². The van der Waals surface area contributed by atoms with E-state index in [4.69, 9.17) is 5.73 Å². The Morgan fingerprint density at radius 3 is 2.82 bits per heavy atom. The van der Waals surface area contributed by atoms with Gasteiger partial charge in [-0.05, 0) is 44.0 Å². The Labute approximate surface area is 107 Å². The van der Waals surface area contributed by atoms with Gasteiger partial charge in [-0.25, -0.2) is 0 Å². The number of aryl methyl sites for hydroxylation is 1. The van der Waals surface area contributed by atoms with Crippen LogP contribution < -0.4 is 11.1 Å². The second-order valence-electron chi connectivity index (χ2n) is 4.07. The smallest absolute Gasteiger partial charge is 0.233 e. The van der Waals surface area contributed by atoms with Crippen LogP contribution in [0.4, 0.5) is 5.69 Å². The maximum absolute atomic E-state index is 11.7. The third-order valence-corrected chi connectivity index (χ3v) is 3.57. The summed E-state index contributed by atoms with van der Waals surface area (Å²) in [7, 11) is 0. The van der Waals surface area contributed by atoms with Crippen LogP contribution in [0, 0.1) is 6.92 Å². The highest BCUT2D eigenvalue weighted by Crippen LogP contribution is 2.26. The van der Waals surface area contributed by atoms with Crippen LogP contribution in [0.5, 0.6) is 0 Å². The first-order valence-electron chi connectivity index (χ1n) is 5.85. The van der Waals surface area contributed by atoms with E-state index in [-0.39, 0.29) is 11.2 Å². The van der Waals surface area contributed by atoms with E-state index >= 15 is 0 Å². The zero-order chi connectivity index (χ0) is 12.8. The van der Waals surface area contributed by atoms with Gasteiger partial charge in [0.2, 0.25) is 5.91 Å². The van der Waals surface area contributed by atoms with Crippen molar-refractivity contribution >= 4 is 23.4 Å². The lowest BCUT2D eigenvalue weighted by Crippen LogP contribution is -2.31. The third-order valence-electron chi connectivity index (χ3n) is 2.47. The number of thioether (sulfide) groups is 1. The molecule has 17 heavy (non-hydrogen) atoms. The van der Waals surface area contributed by atoms with E-state index in [0.29, 0.717) is 0 Å². The lowest BCUT2D eigenvalue weighted by atomic mass is 10.2. The van der Waals surface area contributed by atoms with Gasteiger partial charge in [0.25, 0.3) is 0 Å². The lowest BCUT2D eigenvalue weighted by Gasteiger charge is -2.12. The molecule has 1 atom stereocenters. The van der Waals surface area contributed by atoms with Crippen molar-refractivity contribution in [1.82, 2.24) is 5.32 Å². The molecule has 0 saturated heterocycles. The molecule has 1 aromatic rings. The number of nitrogens with one attached hydrogen (secondary N) is 1. The van der Waals surface area contributed by atoms with Crippen LogP contribution in [-0.4, -0.2) is 17.7 Å².